The summed E-state index contributed by atoms with van der Waals surface area (Å²) < 4.78 is 1.95. The van der Waals surface area contributed by atoms with Gasteiger partial charge in [-0.15, -0.1) is 24.0 Å². The third-order valence-corrected chi connectivity index (χ3v) is 5.50. The van der Waals surface area contributed by atoms with Crippen LogP contribution in [-0.4, -0.2) is 53.9 Å². The fourth-order valence-electron chi connectivity index (χ4n) is 3.65. The van der Waals surface area contributed by atoms with Crippen molar-refractivity contribution in [3.63, 3.8) is 0 Å². The van der Waals surface area contributed by atoms with Gasteiger partial charge < -0.3 is 15.5 Å². The van der Waals surface area contributed by atoms with E-state index < -0.39 is 0 Å². The van der Waals surface area contributed by atoms with Gasteiger partial charge in [0.15, 0.2) is 5.96 Å². The van der Waals surface area contributed by atoms with E-state index >= 15 is 0 Å². The number of halogens is 1. The molecule has 1 aliphatic rings. The second-order valence-electron chi connectivity index (χ2n) is 7.70. The maximum Gasteiger partial charge on any atom is 0.191 e. The number of nitrogens with one attached hydrogen (secondary N) is 2. The summed E-state index contributed by atoms with van der Waals surface area (Å²) in [5, 5.41) is 11.2. The van der Waals surface area contributed by atoms with Crippen LogP contribution in [0.25, 0.3) is 0 Å². The minimum absolute atomic E-state index is 0. The molecule has 1 aromatic carbocycles. The number of aromatic nitrogens is 2. The molecule has 2 N–H and O–H groups in total. The molecule has 7 heteroatoms. The van der Waals surface area contributed by atoms with Crippen molar-refractivity contribution in [2.75, 3.05) is 33.2 Å². The summed E-state index contributed by atoms with van der Waals surface area (Å²) in [5.41, 5.74) is 2.54. The van der Waals surface area contributed by atoms with Crippen LogP contribution in [0.5, 0.6) is 0 Å². The van der Waals surface area contributed by atoms with Gasteiger partial charge >= 0.3 is 0 Å². The predicted molar refractivity (Wildman–Crippen MR) is 131 cm³/mol. The quantitative estimate of drug-likeness (QED) is 0.248. The van der Waals surface area contributed by atoms with Crippen molar-refractivity contribution in [3.8, 4) is 0 Å². The Kier molecular flexibility index (Phi) is 10.5. The topological polar surface area (TPSA) is 57.5 Å². The van der Waals surface area contributed by atoms with Crippen LogP contribution in [0.3, 0.4) is 0 Å². The highest BCUT2D eigenvalue weighted by Crippen LogP contribution is 2.15. The van der Waals surface area contributed by atoms with E-state index in [0.29, 0.717) is 0 Å². The van der Waals surface area contributed by atoms with Crippen molar-refractivity contribution in [2.45, 2.75) is 39.3 Å². The Morgan fingerprint density at radius 3 is 2.59 bits per heavy atom. The summed E-state index contributed by atoms with van der Waals surface area (Å²) in [6.07, 6.45) is 7.64. The number of hydrogen-bond acceptors (Lipinski definition) is 3. The standard InChI is InChI=1S/C22H34N6.HI/c1-19-9-15-27(16-10-19)13-5-11-24-22(23-2)25-17-20-7-3-4-8-21(20)18-28-14-6-12-26-28;/h3-4,6-8,12,14,19H,5,9-11,13,15-18H2,1-2H3,(H2,23,24,25);1H. The SMILES string of the molecule is CN=C(NCCCN1CCC(C)CC1)NCc1ccccc1Cn1cccn1.I. The molecule has 0 aliphatic carbocycles. The zero-order valence-corrected chi connectivity index (χ0v) is 20.0. The van der Waals surface area contributed by atoms with E-state index in [1.165, 1.54) is 43.6 Å². The van der Waals surface area contributed by atoms with Gasteiger partial charge in [-0.3, -0.25) is 9.67 Å². The zero-order chi connectivity index (χ0) is 19.6. The fraction of sp³-hybridized carbons (Fsp3) is 0.545. The van der Waals surface area contributed by atoms with Crippen LogP contribution < -0.4 is 10.6 Å². The molecule has 0 saturated carbocycles. The monoisotopic (exact) mass is 510 g/mol. The van der Waals surface area contributed by atoms with E-state index in [0.717, 1.165) is 37.9 Å². The molecule has 0 radical (unpaired) electrons. The first-order chi connectivity index (χ1) is 13.7. The van der Waals surface area contributed by atoms with Crippen molar-refractivity contribution < 1.29 is 0 Å². The zero-order valence-electron chi connectivity index (χ0n) is 17.7. The van der Waals surface area contributed by atoms with Gasteiger partial charge in [0, 0.05) is 32.5 Å². The molecule has 0 bridgehead atoms. The molecule has 160 valence electrons. The Bertz CT molecular complexity index is 723. The van der Waals surface area contributed by atoms with Gasteiger partial charge in [0.05, 0.1) is 6.54 Å². The normalized spacial score (nSPS) is 15.7. The van der Waals surface area contributed by atoms with Crippen molar-refractivity contribution in [1.29, 1.82) is 0 Å². The van der Waals surface area contributed by atoms with Gasteiger partial charge in [-0.1, -0.05) is 31.2 Å². The Morgan fingerprint density at radius 1 is 1.14 bits per heavy atom. The molecule has 6 nitrogen and oxygen atoms in total. The molecule has 1 saturated heterocycles. The summed E-state index contributed by atoms with van der Waals surface area (Å²) in [4.78, 5) is 6.95. The summed E-state index contributed by atoms with van der Waals surface area (Å²) >= 11 is 0. The van der Waals surface area contributed by atoms with E-state index in [2.05, 4.69) is 56.8 Å². The van der Waals surface area contributed by atoms with Crippen LogP contribution >= 0.6 is 24.0 Å². The molecule has 1 aliphatic heterocycles. The molecule has 0 amide bonds. The molecular formula is C22H35IN6. The number of rotatable bonds is 8. The number of nitrogens with zero attached hydrogens (tertiary/aromatic N) is 4. The maximum absolute atomic E-state index is 4.37. The molecule has 0 unspecified atom stereocenters. The highest BCUT2D eigenvalue weighted by molar-refractivity contribution is 14.0. The third kappa shape index (κ3) is 7.97. The van der Waals surface area contributed by atoms with Crippen molar-refractivity contribution >= 4 is 29.9 Å². The van der Waals surface area contributed by atoms with Crippen LogP contribution in [0.15, 0.2) is 47.7 Å². The molecule has 3 rings (SSSR count). The van der Waals surface area contributed by atoms with Crippen molar-refractivity contribution in [3.05, 3.63) is 53.9 Å². The average Bonchev–Trinajstić information content (AvgIpc) is 3.23. The Morgan fingerprint density at radius 2 is 1.90 bits per heavy atom. The van der Waals surface area contributed by atoms with E-state index in [-0.39, 0.29) is 24.0 Å². The lowest BCUT2D eigenvalue weighted by Crippen LogP contribution is -2.39. The number of hydrogen-bond donors (Lipinski definition) is 2. The van der Waals surface area contributed by atoms with Gasteiger partial charge in [0.25, 0.3) is 0 Å². The largest absolute Gasteiger partial charge is 0.356 e. The minimum atomic E-state index is 0. The lowest BCUT2D eigenvalue weighted by atomic mass is 9.99. The molecule has 0 spiro atoms. The third-order valence-electron chi connectivity index (χ3n) is 5.50. The van der Waals surface area contributed by atoms with Gasteiger partial charge in [0.1, 0.15) is 0 Å². The van der Waals surface area contributed by atoms with Crippen LogP contribution in [-0.2, 0) is 13.1 Å². The first-order valence-corrected chi connectivity index (χ1v) is 10.5. The van der Waals surface area contributed by atoms with Gasteiger partial charge in [-0.2, -0.15) is 5.10 Å². The van der Waals surface area contributed by atoms with Gasteiger partial charge in [0.2, 0.25) is 0 Å². The molecule has 1 fully saturated rings. The van der Waals surface area contributed by atoms with Crippen molar-refractivity contribution in [1.82, 2.24) is 25.3 Å². The molecule has 0 atom stereocenters. The van der Waals surface area contributed by atoms with E-state index in [4.69, 9.17) is 0 Å². The Hall–Kier alpha value is -1.61. The van der Waals surface area contributed by atoms with Crippen LogP contribution in [0.4, 0.5) is 0 Å². The summed E-state index contributed by atoms with van der Waals surface area (Å²) in [5.74, 6) is 1.76. The van der Waals surface area contributed by atoms with E-state index in [1.54, 1.807) is 0 Å². The molecule has 2 aromatic rings. The average molecular weight is 510 g/mol. The van der Waals surface area contributed by atoms with E-state index in [9.17, 15) is 0 Å². The lowest BCUT2D eigenvalue weighted by molar-refractivity contribution is 0.191. The van der Waals surface area contributed by atoms with Gasteiger partial charge in [-0.25, -0.2) is 0 Å². The number of likely N-dealkylation sites (tertiary alicyclic amines) is 1. The van der Waals surface area contributed by atoms with Crippen LogP contribution in [0.2, 0.25) is 0 Å². The molecule has 1 aromatic heterocycles. The first-order valence-electron chi connectivity index (χ1n) is 10.5. The highest BCUT2D eigenvalue weighted by atomic mass is 127. The number of guanidine groups is 1. The maximum atomic E-state index is 4.37. The molecule has 2 heterocycles. The predicted octanol–water partition coefficient (Wildman–Crippen LogP) is 3.34. The number of aliphatic imine (C=N–C) groups is 1. The number of piperidine rings is 1. The number of benzene rings is 1. The molecule has 29 heavy (non-hydrogen) atoms. The Balaban J connectivity index is 0.00000300. The Labute approximate surface area is 192 Å². The summed E-state index contributed by atoms with van der Waals surface area (Å²) in [6.45, 7) is 8.51. The lowest BCUT2D eigenvalue weighted by Gasteiger charge is -2.30. The van der Waals surface area contributed by atoms with Crippen LogP contribution in [0, 0.1) is 5.92 Å². The van der Waals surface area contributed by atoms with Gasteiger partial charge in [-0.05, 0) is 62.0 Å². The fourth-order valence-corrected chi connectivity index (χ4v) is 3.65. The second-order valence-corrected chi connectivity index (χ2v) is 7.70. The minimum Gasteiger partial charge on any atom is -0.356 e. The smallest absolute Gasteiger partial charge is 0.191 e. The second kappa shape index (κ2) is 12.8. The summed E-state index contributed by atoms with van der Waals surface area (Å²) in [7, 11) is 1.83. The molecular weight excluding hydrogens is 475 g/mol. The van der Waals surface area contributed by atoms with Crippen molar-refractivity contribution in [2.24, 2.45) is 10.9 Å². The van der Waals surface area contributed by atoms with Crippen LogP contribution in [0.1, 0.15) is 37.3 Å². The summed E-state index contributed by atoms with van der Waals surface area (Å²) in [6, 6.07) is 10.4. The highest BCUT2D eigenvalue weighted by Gasteiger charge is 2.14. The van der Waals surface area contributed by atoms with E-state index in [1.807, 2.05) is 30.2 Å². The first kappa shape index (κ1) is 23.7.